The maximum absolute atomic E-state index is 13.4. The summed E-state index contributed by atoms with van der Waals surface area (Å²) < 4.78 is 44.0. The van der Waals surface area contributed by atoms with Gasteiger partial charge in [-0.1, -0.05) is 30.3 Å². The Bertz CT molecular complexity index is 1150. The Hall–Kier alpha value is -3.14. The first-order valence-corrected chi connectivity index (χ1v) is 11.8. The molecule has 3 aromatic rings. The number of aromatic hydroxyl groups is 1. The lowest BCUT2D eigenvalue weighted by molar-refractivity contribution is 0.172. The van der Waals surface area contributed by atoms with Gasteiger partial charge in [0.15, 0.2) is 0 Å². The molecule has 0 heterocycles. The summed E-state index contributed by atoms with van der Waals surface area (Å²) in [6.07, 6.45) is 0.0767. The molecule has 0 spiro atoms. The fraction of sp³-hybridized carbons (Fsp3) is 0.217. The largest absolute Gasteiger partial charge is 0.506 e. The summed E-state index contributed by atoms with van der Waals surface area (Å²) in [7, 11) is -3.55. The maximum atomic E-state index is 13.4. The lowest BCUT2D eigenvalue weighted by Crippen LogP contribution is -2.26. The third kappa shape index (κ3) is 6.94. The van der Waals surface area contributed by atoms with Crippen molar-refractivity contribution in [2.45, 2.75) is 6.10 Å². The minimum absolute atomic E-state index is 0.00840. The van der Waals surface area contributed by atoms with E-state index in [1.807, 2.05) is 30.3 Å². The lowest BCUT2D eigenvalue weighted by atomic mass is 10.1. The van der Waals surface area contributed by atoms with Crippen LogP contribution in [-0.4, -0.2) is 44.6 Å². The van der Waals surface area contributed by atoms with E-state index in [9.17, 15) is 23.0 Å². The fourth-order valence-corrected chi connectivity index (χ4v) is 3.61. The molecular weight excluding hydrogens is 435 g/mol. The molecule has 9 heteroatoms. The summed E-state index contributed by atoms with van der Waals surface area (Å²) in [5.74, 6) is 0.157. The second kappa shape index (κ2) is 10.4. The van der Waals surface area contributed by atoms with Gasteiger partial charge in [-0.25, -0.2) is 12.8 Å². The number of aliphatic hydroxyl groups is 1. The van der Waals surface area contributed by atoms with Gasteiger partial charge in [-0.3, -0.25) is 4.72 Å². The van der Waals surface area contributed by atoms with Gasteiger partial charge in [0.05, 0.1) is 18.0 Å². The maximum Gasteiger partial charge on any atom is 0.229 e. The van der Waals surface area contributed by atoms with E-state index in [0.717, 1.165) is 17.4 Å². The van der Waals surface area contributed by atoms with E-state index in [4.69, 9.17) is 4.74 Å². The molecule has 3 rings (SSSR count). The van der Waals surface area contributed by atoms with Gasteiger partial charge >= 0.3 is 0 Å². The highest BCUT2D eigenvalue weighted by Gasteiger charge is 2.12. The number of phenolic OH excluding ortho intramolecular Hbond substituents is 1. The van der Waals surface area contributed by atoms with Crippen molar-refractivity contribution in [3.05, 3.63) is 78.1 Å². The van der Waals surface area contributed by atoms with Gasteiger partial charge in [-0.15, -0.1) is 0 Å². The number of hydrogen-bond acceptors (Lipinski definition) is 6. The normalized spacial score (nSPS) is 12.3. The van der Waals surface area contributed by atoms with Crippen LogP contribution in [0.15, 0.2) is 66.7 Å². The molecule has 1 atom stereocenters. The number of nitrogens with one attached hydrogen (secondary N) is 2. The number of benzene rings is 3. The van der Waals surface area contributed by atoms with Gasteiger partial charge in [0.25, 0.3) is 0 Å². The molecule has 0 aliphatic heterocycles. The number of anilines is 1. The van der Waals surface area contributed by atoms with Crippen molar-refractivity contribution in [2.75, 3.05) is 30.7 Å². The Morgan fingerprint density at radius 1 is 1.03 bits per heavy atom. The quantitative estimate of drug-likeness (QED) is 0.273. The van der Waals surface area contributed by atoms with Crippen molar-refractivity contribution < 1.29 is 27.8 Å². The molecule has 32 heavy (non-hydrogen) atoms. The first kappa shape index (κ1) is 23.5. The Balaban J connectivity index is 1.45. The Labute approximate surface area is 186 Å². The van der Waals surface area contributed by atoms with E-state index in [2.05, 4.69) is 10.0 Å². The molecule has 0 aliphatic rings. The van der Waals surface area contributed by atoms with Crippen molar-refractivity contribution in [2.24, 2.45) is 0 Å². The molecule has 0 aliphatic carbocycles. The van der Waals surface area contributed by atoms with Gasteiger partial charge in [-0.2, -0.15) is 0 Å². The summed E-state index contributed by atoms with van der Waals surface area (Å²) in [5, 5.41) is 23.2. The molecule has 0 aromatic heterocycles. The number of ether oxygens (including phenoxy) is 1. The van der Waals surface area contributed by atoms with Crippen LogP contribution in [-0.2, 0) is 10.0 Å². The highest BCUT2D eigenvalue weighted by atomic mass is 32.2. The first-order chi connectivity index (χ1) is 15.2. The van der Waals surface area contributed by atoms with Crippen molar-refractivity contribution in [3.8, 4) is 22.6 Å². The molecule has 0 radical (unpaired) electrons. The number of sulfonamides is 1. The lowest BCUT2D eigenvalue weighted by Gasteiger charge is -2.15. The number of phenols is 1. The molecule has 0 saturated carbocycles. The third-order valence-electron chi connectivity index (χ3n) is 4.60. The number of rotatable bonds is 10. The van der Waals surface area contributed by atoms with E-state index < -0.39 is 16.1 Å². The first-order valence-electron chi connectivity index (χ1n) is 9.89. The second-order valence-electron chi connectivity index (χ2n) is 7.25. The molecular formula is C23H25FN2O5S. The molecule has 0 bridgehead atoms. The van der Waals surface area contributed by atoms with Crippen molar-refractivity contribution in [1.82, 2.24) is 5.32 Å². The van der Waals surface area contributed by atoms with Crippen LogP contribution in [0.5, 0.6) is 11.5 Å². The Morgan fingerprint density at radius 2 is 1.78 bits per heavy atom. The summed E-state index contributed by atoms with van der Waals surface area (Å²) in [4.78, 5) is 0. The summed E-state index contributed by atoms with van der Waals surface area (Å²) in [5.41, 5.74) is 2.14. The summed E-state index contributed by atoms with van der Waals surface area (Å²) >= 11 is 0. The molecule has 7 nitrogen and oxygen atoms in total. The van der Waals surface area contributed by atoms with Crippen molar-refractivity contribution in [3.63, 3.8) is 0 Å². The van der Waals surface area contributed by atoms with Crippen LogP contribution in [0.3, 0.4) is 0 Å². The Morgan fingerprint density at radius 3 is 2.47 bits per heavy atom. The van der Waals surface area contributed by atoms with Crippen LogP contribution < -0.4 is 14.8 Å². The van der Waals surface area contributed by atoms with Crippen LogP contribution in [0.4, 0.5) is 10.1 Å². The fourth-order valence-electron chi connectivity index (χ4n) is 3.05. The zero-order chi connectivity index (χ0) is 23.1. The van der Waals surface area contributed by atoms with Crippen molar-refractivity contribution >= 4 is 15.7 Å². The molecule has 0 unspecified atom stereocenters. The van der Waals surface area contributed by atoms with Gasteiger partial charge in [0, 0.05) is 13.1 Å². The van der Waals surface area contributed by atoms with Crippen LogP contribution >= 0.6 is 0 Å². The predicted molar refractivity (Wildman–Crippen MR) is 122 cm³/mol. The summed E-state index contributed by atoms with van der Waals surface area (Å²) in [6, 6.07) is 17.9. The predicted octanol–water partition coefficient (Wildman–Crippen LogP) is 3.27. The monoisotopic (exact) mass is 460 g/mol. The third-order valence-corrected chi connectivity index (χ3v) is 5.19. The number of hydrogen-bond donors (Lipinski definition) is 4. The minimum atomic E-state index is -3.55. The Kier molecular flexibility index (Phi) is 7.68. The van der Waals surface area contributed by atoms with Crippen LogP contribution in [0.1, 0.15) is 11.7 Å². The van der Waals surface area contributed by atoms with Crippen molar-refractivity contribution in [1.29, 1.82) is 0 Å². The highest BCUT2D eigenvalue weighted by Crippen LogP contribution is 2.27. The van der Waals surface area contributed by atoms with Crippen LogP contribution in [0, 0.1) is 5.82 Å². The molecule has 3 aromatic carbocycles. The molecule has 0 saturated heterocycles. The molecule has 170 valence electrons. The van der Waals surface area contributed by atoms with Gasteiger partial charge in [-0.05, 0) is 53.1 Å². The minimum Gasteiger partial charge on any atom is -0.506 e. The molecule has 0 amide bonds. The average molecular weight is 461 g/mol. The topological polar surface area (TPSA) is 108 Å². The number of aliphatic hydroxyl groups excluding tert-OH is 1. The van der Waals surface area contributed by atoms with E-state index in [1.54, 1.807) is 6.07 Å². The average Bonchev–Trinajstić information content (AvgIpc) is 2.74. The number of halogens is 1. The second-order valence-corrected chi connectivity index (χ2v) is 9.00. The zero-order valence-electron chi connectivity index (χ0n) is 17.5. The van der Waals surface area contributed by atoms with E-state index >= 15 is 0 Å². The highest BCUT2D eigenvalue weighted by molar-refractivity contribution is 7.92. The van der Waals surface area contributed by atoms with Gasteiger partial charge in [0.2, 0.25) is 10.0 Å². The van der Waals surface area contributed by atoms with E-state index in [1.165, 1.54) is 30.3 Å². The smallest absolute Gasteiger partial charge is 0.229 e. The SMILES string of the molecule is CS(=O)(=O)Nc1cc([C@@H](O)CNCCOc2ccc(-c3cccc(F)c3)cc2)ccc1O. The van der Waals surface area contributed by atoms with Gasteiger partial charge in [0.1, 0.15) is 23.9 Å². The standard InChI is InChI=1S/C23H25FN2O5S/c1-32(29,30)26-21-14-18(7-10-22(21)27)23(28)15-25-11-12-31-20-8-5-16(6-9-20)17-3-2-4-19(24)13-17/h2-10,13-14,23,25-28H,11-12,15H2,1H3/t23-/m0/s1. The van der Waals surface area contributed by atoms with E-state index in [0.29, 0.717) is 24.5 Å². The molecule has 0 fully saturated rings. The van der Waals surface area contributed by atoms with Crippen LogP contribution in [0.25, 0.3) is 11.1 Å². The molecule has 4 N–H and O–H groups in total. The zero-order valence-corrected chi connectivity index (χ0v) is 18.3. The van der Waals surface area contributed by atoms with Crippen LogP contribution in [0.2, 0.25) is 0 Å². The van der Waals surface area contributed by atoms with E-state index in [-0.39, 0.29) is 23.8 Å². The summed E-state index contributed by atoms with van der Waals surface area (Å²) in [6.45, 7) is 1.04. The van der Waals surface area contributed by atoms with Gasteiger partial charge < -0.3 is 20.3 Å².